The number of benzene rings is 1. The number of rotatable bonds is 5. The molecule has 1 aliphatic carbocycles. The van der Waals surface area contributed by atoms with Crippen molar-refractivity contribution in [1.29, 1.82) is 0 Å². The molecule has 100 valence electrons. The van der Waals surface area contributed by atoms with Gasteiger partial charge in [-0.1, -0.05) is 45.1 Å². The van der Waals surface area contributed by atoms with Crippen LogP contribution in [-0.4, -0.2) is 16.2 Å². The number of halogens is 1. The molecule has 3 nitrogen and oxygen atoms in total. The summed E-state index contributed by atoms with van der Waals surface area (Å²) in [5.41, 5.74) is 1.31. The Bertz CT molecular complexity index is 581. The van der Waals surface area contributed by atoms with Crippen molar-refractivity contribution in [3.05, 3.63) is 33.2 Å². The molecule has 1 aromatic heterocycles. The molecule has 1 aromatic carbocycles. The third kappa shape index (κ3) is 3.78. The first-order chi connectivity index (χ1) is 9.20. The Morgan fingerprint density at radius 3 is 2.89 bits per heavy atom. The SMILES string of the molecule is Cc1nnc(Sc2ccc(CNC3CC3)c(Br)c2)s1. The number of aryl methyl sites for hydroxylation is 1. The Hall–Kier alpha value is -0.430. The lowest BCUT2D eigenvalue weighted by atomic mass is 10.2. The molecule has 0 unspecified atom stereocenters. The van der Waals surface area contributed by atoms with Gasteiger partial charge in [-0.05, 0) is 37.5 Å². The van der Waals surface area contributed by atoms with Gasteiger partial charge in [-0.15, -0.1) is 10.2 Å². The first-order valence-corrected chi connectivity index (χ1v) is 8.63. The maximum atomic E-state index is 4.13. The molecule has 3 rings (SSSR count). The van der Waals surface area contributed by atoms with E-state index in [0.717, 1.165) is 26.4 Å². The first-order valence-electron chi connectivity index (χ1n) is 6.20. The van der Waals surface area contributed by atoms with Crippen LogP contribution in [0.3, 0.4) is 0 Å². The van der Waals surface area contributed by atoms with E-state index in [1.807, 2.05) is 6.92 Å². The molecule has 19 heavy (non-hydrogen) atoms. The normalized spacial score (nSPS) is 14.8. The van der Waals surface area contributed by atoms with Crippen molar-refractivity contribution < 1.29 is 0 Å². The molecule has 1 saturated carbocycles. The third-order valence-corrected chi connectivity index (χ3v) is 5.51. The van der Waals surface area contributed by atoms with Crippen LogP contribution in [0, 0.1) is 6.92 Å². The van der Waals surface area contributed by atoms with E-state index in [0.29, 0.717) is 0 Å². The van der Waals surface area contributed by atoms with E-state index < -0.39 is 0 Å². The molecule has 1 aliphatic rings. The molecule has 1 N–H and O–H groups in total. The van der Waals surface area contributed by atoms with Gasteiger partial charge in [-0.25, -0.2) is 0 Å². The van der Waals surface area contributed by atoms with Crippen molar-refractivity contribution in [2.75, 3.05) is 0 Å². The quantitative estimate of drug-likeness (QED) is 0.878. The van der Waals surface area contributed by atoms with E-state index >= 15 is 0 Å². The summed E-state index contributed by atoms with van der Waals surface area (Å²) in [5, 5.41) is 12.7. The summed E-state index contributed by atoms with van der Waals surface area (Å²) in [5.74, 6) is 0. The van der Waals surface area contributed by atoms with E-state index in [2.05, 4.69) is 49.6 Å². The van der Waals surface area contributed by atoms with E-state index in [4.69, 9.17) is 0 Å². The molecule has 0 saturated heterocycles. The Morgan fingerprint density at radius 2 is 2.26 bits per heavy atom. The van der Waals surface area contributed by atoms with Crippen LogP contribution < -0.4 is 5.32 Å². The molecule has 0 bridgehead atoms. The molecule has 0 atom stereocenters. The fourth-order valence-electron chi connectivity index (χ4n) is 1.70. The monoisotopic (exact) mass is 355 g/mol. The third-order valence-electron chi connectivity index (χ3n) is 2.90. The number of nitrogens with one attached hydrogen (secondary N) is 1. The van der Waals surface area contributed by atoms with Gasteiger partial charge in [0.15, 0.2) is 4.34 Å². The summed E-state index contributed by atoms with van der Waals surface area (Å²) in [6.45, 7) is 2.92. The number of aromatic nitrogens is 2. The first kappa shape index (κ1) is 13.5. The topological polar surface area (TPSA) is 37.8 Å². The maximum Gasteiger partial charge on any atom is 0.179 e. The highest BCUT2D eigenvalue weighted by Gasteiger charge is 2.20. The van der Waals surface area contributed by atoms with Gasteiger partial charge in [0.2, 0.25) is 0 Å². The van der Waals surface area contributed by atoms with Crippen LogP contribution in [0.15, 0.2) is 31.9 Å². The second kappa shape index (κ2) is 5.91. The maximum absolute atomic E-state index is 4.13. The van der Waals surface area contributed by atoms with Crippen LogP contribution in [0.2, 0.25) is 0 Å². The Kier molecular flexibility index (Phi) is 4.21. The van der Waals surface area contributed by atoms with Gasteiger partial charge in [0.25, 0.3) is 0 Å². The minimum Gasteiger partial charge on any atom is -0.310 e. The smallest absolute Gasteiger partial charge is 0.179 e. The molecule has 6 heteroatoms. The van der Waals surface area contributed by atoms with E-state index in [-0.39, 0.29) is 0 Å². The molecule has 0 amide bonds. The molecule has 0 spiro atoms. The highest BCUT2D eigenvalue weighted by atomic mass is 79.9. The van der Waals surface area contributed by atoms with Crippen molar-refractivity contribution in [1.82, 2.24) is 15.5 Å². The Balaban J connectivity index is 1.67. The number of hydrogen-bond acceptors (Lipinski definition) is 5. The second-order valence-corrected chi connectivity index (χ2v) is 7.95. The zero-order valence-electron chi connectivity index (χ0n) is 10.5. The highest BCUT2D eigenvalue weighted by Crippen LogP contribution is 2.32. The average Bonchev–Trinajstić information content (AvgIpc) is 3.12. The summed E-state index contributed by atoms with van der Waals surface area (Å²) >= 11 is 6.94. The molecule has 1 heterocycles. The zero-order chi connectivity index (χ0) is 13.2. The van der Waals surface area contributed by atoms with Gasteiger partial charge in [0, 0.05) is 22.0 Å². The summed E-state index contributed by atoms with van der Waals surface area (Å²) in [4.78, 5) is 1.19. The minimum absolute atomic E-state index is 0.741. The van der Waals surface area contributed by atoms with Crippen molar-refractivity contribution in [3.63, 3.8) is 0 Å². The average molecular weight is 356 g/mol. The minimum atomic E-state index is 0.741. The second-order valence-electron chi connectivity index (χ2n) is 4.60. The zero-order valence-corrected chi connectivity index (χ0v) is 13.7. The standard InChI is InChI=1S/C13H14BrN3S2/c1-8-16-17-13(18-8)19-11-5-2-9(12(14)6-11)7-15-10-3-4-10/h2,5-6,10,15H,3-4,7H2,1H3. The van der Waals surface area contributed by atoms with E-state index in [9.17, 15) is 0 Å². The van der Waals surface area contributed by atoms with Crippen molar-refractivity contribution in [2.45, 2.75) is 41.6 Å². The Labute approximate surface area is 129 Å². The van der Waals surface area contributed by atoms with Crippen molar-refractivity contribution >= 4 is 39.0 Å². The predicted molar refractivity (Wildman–Crippen MR) is 82.8 cm³/mol. The van der Waals surface area contributed by atoms with Gasteiger partial charge in [0.1, 0.15) is 5.01 Å². The van der Waals surface area contributed by atoms with Crippen LogP contribution in [0.1, 0.15) is 23.4 Å². The summed E-state index contributed by atoms with van der Waals surface area (Å²) in [6, 6.07) is 7.22. The van der Waals surface area contributed by atoms with Crippen molar-refractivity contribution in [3.8, 4) is 0 Å². The molecular weight excluding hydrogens is 342 g/mol. The lowest BCUT2D eigenvalue weighted by Gasteiger charge is -2.07. The van der Waals surface area contributed by atoms with E-state index in [1.165, 1.54) is 23.3 Å². The van der Waals surface area contributed by atoms with Gasteiger partial charge >= 0.3 is 0 Å². The number of hydrogen-bond donors (Lipinski definition) is 1. The van der Waals surface area contributed by atoms with Gasteiger partial charge < -0.3 is 5.32 Å². The highest BCUT2D eigenvalue weighted by molar-refractivity contribution is 9.10. The van der Waals surface area contributed by atoms with E-state index in [1.54, 1.807) is 23.1 Å². The van der Waals surface area contributed by atoms with Crippen LogP contribution in [-0.2, 0) is 6.54 Å². The number of nitrogens with zero attached hydrogens (tertiary/aromatic N) is 2. The largest absolute Gasteiger partial charge is 0.310 e. The fraction of sp³-hybridized carbons (Fsp3) is 0.385. The lowest BCUT2D eigenvalue weighted by molar-refractivity contribution is 0.685. The molecule has 0 aliphatic heterocycles. The molecule has 0 radical (unpaired) electrons. The molecule has 2 aromatic rings. The summed E-state index contributed by atoms with van der Waals surface area (Å²) < 4.78 is 2.15. The fourth-order valence-corrected chi connectivity index (χ4v) is 4.20. The van der Waals surface area contributed by atoms with Gasteiger partial charge in [-0.3, -0.25) is 0 Å². The molecular formula is C13H14BrN3S2. The summed E-state index contributed by atoms with van der Waals surface area (Å²) in [7, 11) is 0. The van der Waals surface area contributed by atoms with Crippen LogP contribution in [0.5, 0.6) is 0 Å². The lowest BCUT2D eigenvalue weighted by Crippen LogP contribution is -2.15. The van der Waals surface area contributed by atoms with Gasteiger partial charge in [0.05, 0.1) is 0 Å². The van der Waals surface area contributed by atoms with Crippen LogP contribution >= 0.6 is 39.0 Å². The van der Waals surface area contributed by atoms with Crippen molar-refractivity contribution in [2.24, 2.45) is 0 Å². The van der Waals surface area contributed by atoms with Crippen LogP contribution in [0.25, 0.3) is 0 Å². The van der Waals surface area contributed by atoms with Crippen LogP contribution in [0.4, 0.5) is 0 Å². The Morgan fingerprint density at radius 1 is 1.42 bits per heavy atom. The molecule has 1 fully saturated rings. The predicted octanol–water partition coefficient (Wildman–Crippen LogP) is 4.01. The van der Waals surface area contributed by atoms with Gasteiger partial charge in [-0.2, -0.15) is 0 Å². The summed E-state index contributed by atoms with van der Waals surface area (Å²) in [6.07, 6.45) is 2.64.